The van der Waals surface area contributed by atoms with E-state index in [0.717, 1.165) is 17.0 Å². The van der Waals surface area contributed by atoms with E-state index in [1.54, 1.807) is 42.7 Å². The van der Waals surface area contributed by atoms with E-state index >= 15 is 0 Å². The summed E-state index contributed by atoms with van der Waals surface area (Å²) in [6, 6.07) is 10.5. The van der Waals surface area contributed by atoms with Gasteiger partial charge in [-0.1, -0.05) is 12.1 Å². The van der Waals surface area contributed by atoms with Gasteiger partial charge in [0.2, 0.25) is 5.91 Å². The second-order valence-electron chi connectivity index (χ2n) is 6.63. The smallest absolute Gasteiger partial charge is 0.253 e. The molecule has 0 aliphatic heterocycles. The number of nitrogens with one attached hydrogen (secondary N) is 2. The Balaban J connectivity index is 1.62. The lowest BCUT2D eigenvalue weighted by atomic mass is 10.1. The summed E-state index contributed by atoms with van der Waals surface area (Å²) in [4.78, 5) is 24.9. The fourth-order valence-electron chi connectivity index (χ4n) is 3.10. The van der Waals surface area contributed by atoms with E-state index in [0.29, 0.717) is 29.9 Å². The zero-order valence-electron chi connectivity index (χ0n) is 16.3. The molecule has 0 bridgehead atoms. The standard InChI is InChI=1S/C21H24N4O3/c1-14-17(15(2)25(3)24-14)10-11-20(26)23-19-9-5-4-8-18(19)21(27)22-13-16-7-6-12-28-16/h4-9,12H,10-11,13H2,1-3H3,(H,22,27)(H,23,26). The summed E-state index contributed by atoms with van der Waals surface area (Å²) >= 11 is 0. The molecule has 7 nitrogen and oxygen atoms in total. The van der Waals surface area contributed by atoms with Crippen molar-refractivity contribution >= 4 is 17.5 Å². The molecule has 2 aromatic heterocycles. The zero-order valence-corrected chi connectivity index (χ0v) is 16.3. The van der Waals surface area contributed by atoms with E-state index in [1.165, 1.54) is 0 Å². The van der Waals surface area contributed by atoms with Gasteiger partial charge in [0, 0.05) is 19.2 Å². The zero-order chi connectivity index (χ0) is 20.1. The van der Waals surface area contributed by atoms with Gasteiger partial charge in [-0.05, 0) is 50.1 Å². The SMILES string of the molecule is Cc1nn(C)c(C)c1CCC(=O)Nc1ccccc1C(=O)NCc1ccco1. The minimum atomic E-state index is -0.272. The Morgan fingerprint density at radius 3 is 2.61 bits per heavy atom. The maximum atomic E-state index is 12.5. The molecule has 0 aliphatic carbocycles. The van der Waals surface area contributed by atoms with Crippen molar-refractivity contribution in [1.82, 2.24) is 15.1 Å². The monoisotopic (exact) mass is 380 g/mol. The number of amides is 2. The molecule has 146 valence electrons. The summed E-state index contributed by atoms with van der Waals surface area (Å²) in [5.41, 5.74) is 3.98. The van der Waals surface area contributed by atoms with E-state index in [1.807, 2.05) is 25.6 Å². The second-order valence-corrected chi connectivity index (χ2v) is 6.63. The molecule has 0 aliphatic rings. The number of aryl methyl sites for hydroxylation is 2. The van der Waals surface area contributed by atoms with Crippen LogP contribution < -0.4 is 10.6 Å². The number of nitrogens with zero attached hydrogens (tertiary/aromatic N) is 2. The van der Waals surface area contributed by atoms with Crippen molar-refractivity contribution < 1.29 is 14.0 Å². The highest BCUT2D eigenvalue weighted by molar-refractivity contribution is 6.03. The average Bonchev–Trinajstić information content (AvgIpc) is 3.27. The van der Waals surface area contributed by atoms with Crippen LogP contribution in [0.1, 0.15) is 39.5 Å². The van der Waals surface area contributed by atoms with Crippen molar-refractivity contribution in [3.63, 3.8) is 0 Å². The molecule has 0 atom stereocenters. The predicted molar refractivity (Wildman–Crippen MR) is 106 cm³/mol. The third kappa shape index (κ3) is 4.49. The number of furan rings is 1. The molecule has 0 spiro atoms. The summed E-state index contributed by atoms with van der Waals surface area (Å²) in [5.74, 6) is 0.247. The second kappa shape index (κ2) is 8.56. The quantitative estimate of drug-likeness (QED) is 0.659. The Morgan fingerprint density at radius 2 is 1.93 bits per heavy atom. The molecule has 0 fully saturated rings. The minimum Gasteiger partial charge on any atom is -0.467 e. The van der Waals surface area contributed by atoms with Crippen LogP contribution >= 0.6 is 0 Å². The van der Waals surface area contributed by atoms with Gasteiger partial charge in [0.05, 0.1) is 29.8 Å². The fraction of sp³-hybridized carbons (Fsp3) is 0.286. The van der Waals surface area contributed by atoms with Gasteiger partial charge in [0.25, 0.3) is 5.91 Å². The molecule has 2 amide bonds. The molecule has 3 rings (SSSR count). The molecular formula is C21H24N4O3. The lowest BCUT2D eigenvalue weighted by Gasteiger charge is -2.11. The number of hydrogen-bond acceptors (Lipinski definition) is 4. The molecule has 0 unspecified atom stereocenters. The highest BCUT2D eigenvalue weighted by atomic mass is 16.3. The molecule has 7 heteroatoms. The number of carbonyl (C=O) groups is 2. The number of hydrogen-bond donors (Lipinski definition) is 2. The molecule has 2 N–H and O–H groups in total. The van der Waals surface area contributed by atoms with Crippen LogP contribution in [0.15, 0.2) is 47.1 Å². The Hall–Kier alpha value is -3.35. The first-order valence-electron chi connectivity index (χ1n) is 9.14. The van der Waals surface area contributed by atoms with Crippen molar-refractivity contribution in [2.75, 3.05) is 5.32 Å². The van der Waals surface area contributed by atoms with Gasteiger partial charge < -0.3 is 15.1 Å². The summed E-state index contributed by atoms with van der Waals surface area (Å²) in [7, 11) is 1.89. The van der Waals surface area contributed by atoms with Crippen LogP contribution in [-0.2, 0) is 24.8 Å². The fourth-order valence-corrected chi connectivity index (χ4v) is 3.10. The molecule has 0 saturated heterocycles. The largest absolute Gasteiger partial charge is 0.467 e. The van der Waals surface area contributed by atoms with Crippen LogP contribution in [0.2, 0.25) is 0 Å². The van der Waals surface area contributed by atoms with Gasteiger partial charge in [-0.2, -0.15) is 5.10 Å². The van der Waals surface area contributed by atoms with Crippen LogP contribution in [0.25, 0.3) is 0 Å². The van der Waals surface area contributed by atoms with Gasteiger partial charge in [-0.3, -0.25) is 14.3 Å². The molecule has 2 heterocycles. The first-order valence-corrected chi connectivity index (χ1v) is 9.14. The maximum Gasteiger partial charge on any atom is 0.253 e. The van der Waals surface area contributed by atoms with Crippen LogP contribution in [0, 0.1) is 13.8 Å². The molecule has 1 aromatic carbocycles. The number of aromatic nitrogens is 2. The highest BCUT2D eigenvalue weighted by Crippen LogP contribution is 2.18. The average molecular weight is 380 g/mol. The molecule has 0 saturated carbocycles. The summed E-state index contributed by atoms with van der Waals surface area (Å²) < 4.78 is 7.04. The van der Waals surface area contributed by atoms with Gasteiger partial charge >= 0.3 is 0 Å². The van der Waals surface area contributed by atoms with Crippen LogP contribution in [-0.4, -0.2) is 21.6 Å². The number of para-hydroxylation sites is 1. The topological polar surface area (TPSA) is 89.2 Å². The highest BCUT2D eigenvalue weighted by Gasteiger charge is 2.15. The van der Waals surface area contributed by atoms with Gasteiger partial charge in [0.1, 0.15) is 5.76 Å². The number of anilines is 1. The predicted octanol–water partition coefficient (Wildman–Crippen LogP) is 3.13. The van der Waals surface area contributed by atoms with Crippen molar-refractivity contribution in [1.29, 1.82) is 0 Å². The third-order valence-electron chi connectivity index (χ3n) is 4.71. The van der Waals surface area contributed by atoms with Crippen LogP contribution in [0.4, 0.5) is 5.69 Å². The van der Waals surface area contributed by atoms with Gasteiger partial charge in [0.15, 0.2) is 0 Å². The van der Waals surface area contributed by atoms with Gasteiger partial charge in [-0.15, -0.1) is 0 Å². The van der Waals surface area contributed by atoms with E-state index in [9.17, 15) is 9.59 Å². The number of benzene rings is 1. The lowest BCUT2D eigenvalue weighted by molar-refractivity contribution is -0.116. The van der Waals surface area contributed by atoms with Crippen molar-refractivity contribution in [2.45, 2.75) is 33.2 Å². The number of carbonyl (C=O) groups excluding carboxylic acids is 2. The maximum absolute atomic E-state index is 12.5. The van der Waals surface area contributed by atoms with Crippen LogP contribution in [0.3, 0.4) is 0 Å². The molecule has 3 aromatic rings. The minimum absolute atomic E-state index is 0.145. The van der Waals surface area contributed by atoms with Crippen molar-refractivity contribution in [3.8, 4) is 0 Å². The van der Waals surface area contributed by atoms with Crippen molar-refractivity contribution in [2.24, 2.45) is 7.05 Å². The van der Waals surface area contributed by atoms with Crippen molar-refractivity contribution in [3.05, 3.63) is 70.9 Å². The first kappa shape index (κ1) is 19.4. The molecular weight excluding hydrogens is 356 g/mol. The normalized spacial score (nSPS) is 10.7. The molecule has 28 heavy (non-hydrogen) atoms. The summed E-state index contributed by atoms with van der Waals surface area (Å²) in [6.45, 7) is 4.22. The number of rotatable bonds is 7. The van der Waals surface area contributed by atoms with Crippen LogP contribution in [0.5, 0.6) is 0 Å². The van der Waals surface area contributed by atoms with E-state index in [-0.39, 0.29) is 18.4 Å². The lowest BCUT2D eigenvalue weighted by Crippen LogP contribution is -2.24. The Bertz CT molecular complexity index is 974. The van der Waals surface area contributed by atoms with E-state index < -0.39 is 0 Å². The summed E-state index contributed by atoms with van der Waals surface area (Å²) in [5, 5.41) is 10.0. The van der Waals surface area contributed by atoms with Gasteiger partial charge in [-0.25, -0.2) is 0 Å². The first-order chi connectivity index (χ1) is 13.5. The molecule has 0 radical (unpaired) electrons. The van der Waals surface area contributed by atoms with E-state index in [2.05, 4.69) is 15.7 Å². The summed E-state index contributed by atoms with van der Waals surface area (Å²) in [6.07, 6.45) is 2.47. The Morgan fingerprint density at radius 1 is 1.14 bits per heavy atom. The third-order valence-corrected chi connectivity index (χ3v) is 4.71. The van der Waals surface area contributed by atoms with E-state index in [4.69, 9.17) is 4.42 Å². The Labute approximate surface area is 163 Å². The Kier molecular flexibility index (Phi) is 5.93.